The first-order chi connectivity index (χ1) is 16.0. The fraction of sp³-hybridized carbons (Fsp3) is 0.120. The number of nitrogens with zero attached hydrogens (tertiary/aromatic N) is 2. The quantitative estimate of drug-likeness (QED) is 0.290. The number of hydrogen-bond donors (Lipinski definition) is 2. The maximum atomic E-state index is 13.3. The van der Waals surface area contributed by atoms with Crippen LogP contribution < -0.4 is 11.3 Å². The molecule has 0 amide bonds. The van der Waals surface area contributed by atoms with Crippen LogP contribution in [-0.2, 0) is 6.54 Å². The van der Waals surface area contributed by atoms with E-state index < -0.39 is 0 Å². The number of nitrogens with two attached hydrogens (primary N) is 1. The highest BCUT2D eigenvalue weighted by atomic mass is 35.5. The maximum Gasteiger partial charge on any atom is 0.275 e. The van der Waals surface area contributed by atoms with Crippen molar-refractivity contribution in [3.8, 4) is 22.5 Å². The Balaban J connectivity index is 1.89. The highest BCUT2D eigenvalue weighted by Crippen LogP contribution is 2.40. The number of hydrogen-bond acceptors (Lipinski definition) is 3. The molecule has 166 valence electrons. The molecule has 0 saturated carbocycles. The first kappa shape index (κ1) is 22.0. The lowest BCUT2D eigenvalue weighted by Gasteiger charge is -2.13. The van der Waals surface area contributed by atoms with Crippen LogP contribution >= 0.6 is 34.8 Å². The second-order valence-electron chi connectivity index (χ2n) is 7.74. The van der Waals surface area contributed by atoms with Gasteiger partial charge in [-0.15, -0.1) is 0 Å². The van der Waals surface area contributed by atoms with Gasteiger partial charge in [-0.3, -0.25) is 4.79 Å². The van der Waals surface area contributed by atoms with Gasteiger partial charge in [0, 0.05) is 28.0 Å². The Hall–Kier alpha value is -2.83. The average Bonchev–Trinajstić information content (AvgIpc) is 3.13. The van der Waals surface area contributed by atoms with E-state index in [0.29, 0.717) is 44.9 Å². The van der Waals surface area contributed by atoms with E-state index in [1.807, 2.05) is 48.5 Å². The normalized spacial score (nSPS) is 11.5. The Morgan fingerprint density at radius 2 is 1.70 bits per heavy atom. The SMILES string of the molecule is NCCCn1c(-c2ccc(Cl)cc2)c(-c2nc3cc(Cl)c(Cl)cc3[nH]c2=O)c2ccccc21. The molecule has 5 rings (SSSR count). The summed E-state index contributed by atoms with van der Waals surface area (Å²) in [7, 11) is 0. The summed E-state index contributed by atoms with van der Waals surface area (Å²) in [4.78, 5) is 21.0. The van der Waals surface area contributed by atoms with Crippen LogP contribution in [0.1, 0.15) is 6.42 Å². The van der Waals surface area contributed by atoms with Crippen molar-refractivity contribution in [1.29, 1.82) is 0 Å². The zero-order valence-electron chi connectivity index (χ0n) is 17.4. The summed E-state index contributed by atoms with van der Waals surface area (Å²) in [5.74, 6) is 0. The lowest BCUT2D eigenvalue weighted by atomic mass is 10.0. The van der Waals surface area contributed by atoms with Crippen LogP contribution in [0.3, 0.4) is 0 Å². The van der Waals surface area contributed by atoms with Gasteiger partial charge in [-0.25, -0.2) is 4.98 Å². The molecule has 0 aliphatic rings. The summed E-state index contributed by atoms with van der Waals surface area (Å²) >= 11 is 18.5. The van der Waals surface area contributed by atoms with Crippen molar-refractivity contribution < 1.29 is 0 Å². The summed E-state index contributed by atoms with van der Waals surface area (Å²) in [6.45, 7) is 1.25. The van der Waals surface area contributed by atoms with Crippen LogP contribution in [0, 0.1) is 0 Å². The molecule has 0 fully saturated rings. The van der Waals surface area contributed by atoms with Crippen molar-refractivity contribution in [1.82, 2.24) is 14.5 Å². The van der Waals surface area contributed by atoms with E-state index in [1.54, 1.807) is 12.1 Å². The highest BCUT2D eigenvalue weighted by Gasteiger charge is 2.23. The van der Waals surface area contributed by atoms with Gasteiger partial charge in [0.05, 0.1) is 26.8 Å². The number of aryl methyl sites for hydroxylation is 1. The fourth-order valence-corrected chi connectivity index (χ4v) is 4.63. The van der Waals surface area contributed by atoms with E-state index in [9.17, 15) is 4.79 Å². The molecule has 0 saturated heterocycles. The van der Waals surface area contributed by atoms with Crippen molar-refractivity contribution in [3.63, 3.8) is 0 Å². The largest absolute Gasteiger partial charge is 0.340 e. The number of halogens is 3. The van der Waals surface area contributed by atoms with E-state index in [0.717, 1.165) is 34.1 Å². The molecule has 3 N–H and O–H groups in total. The first-order valence-electron chi connectivity index (χ1n) is 10.4. The molecule has 3 aromatic carbocycles. The van der Waals surface area contributed by atoms with E-state index in [-0.39, 0.29) is 5.56 Å². The van der Waals surface area contributed by atoms with Gasteiger partial charge in [-0.1, -0.05) is 65.1 Å². The molecule has 0 atom stereocenters. The standard InChI is InChI=1S/C25H19Cl3N4O/c26-15-8-6-14(7-9-15)24-22(16-4-1-2-5-21(16)32(24)11-3-10-29)23-25(33)31-20-13-18(28)17(27)12-19(20)30-23/h1-2,4-9,12-13H,3,10-11,29H2,(H,31,33). The lowest BCUT2D eigenvalue weighted by Crippen LogP contribution is -2.12. The van der Waals surface area contributed by atoms with E-state index in [1.165, 1.54) is 0 Å². The second-order valence-corrected chi connectivity index (χ2v) is 8.99. The predicted molar refractivity (Wildman–Crippen MR) is 137 cm³/mol. The van der Waals surface area contributed by atoms with Crippen LogP contribution in [0.25, 0.3) is 44.5 Å². The zero-order valence-corrected chi connectivity index (χ0v) is 19.7. The molecule has 2 aromatic heterocycles. The number of benzene rings is 3. The summed E-state index contributed by atoms with van der Waals surface area (Å²) in [5, 5.41) is 2.29. The lowest BCUT2D eigenvalue weighted by molar-refractivity contribution is 0.676. The third kappa shape index (κ3) is 3.91. The zero-order chi connectivity index (χ0) is 23.1. The minimum absolute atomic E-state index is 0.308. The number of nitrogens with one attached hydrogen (secondary N) is 1. The Labute approximate surface area is 204 Å². The first-order valence-corrected chi connectivity index (χ1v) is 11.6. The molecule has 5 nitrogen and oxygen atoms in total. The van der Waals surface area contributed by atoms with E-state index in [2.05, 4.69) is 9.55 Å². The molecule has 0 aliphatic heterocycles. The average molecular weight is 498 g/mol. The summed E-state index contributed by atoms with van der Waals surface area (Å²) in [6.07, 6.45) is 0.786. The van der Waals surface area contributed by atoms with Crippen LogP contribution in [0.15, 0.2) is 65.5 Å². The third-order valence-corrected chi connectivity index (χ3v) is 6.62. The Morgan fingerprint density at radius 1 is 0.970 bits per heavy atom. The van der Waals surface area contributed by atoms with Gasteiger partial charge >= 0.3 is 0 Å². The topological polar surface area (TPSA) is 76.7 Å². The van der Waals surface area contributed by atoms with Crippen LogP contribution in [0.4, 0.5) is 0 Å². The fourth-order valence-electron chi connectivity index (χ4n) is 4.18. The van der Waals surface area contributed by atoms with Gasteiger partial charge in [0.25, 0.3) is 5.56 Å². The molecule has 8 heteroatoms. The second kappa shape index (κ2) is 8.84. The predicted octanol–water partition coefficient (Wildman–Crippen LogP) is 6.52. The Morgan fingerprint density at radius 3 is 2.45 bits per heavy atom. The van der Waals surface area contributed by atoms with Crippen molar-refractivity contribution in [2.45, 2.75) is 13.0 Å². The maximum absolute atomic E-state index is 13.3. The number of aromatic amines is 1. The number of H-pyrrole nitrogens is 1. The van der Waals surface area contributed by atoms with Crippen molar-refractivity contribution in [2.75, 3.05) is 6.54 Å². The van der Waals surface area contributed by atoms with Crippen molar-refractivity contribution in [2.24, 2.45) is 5.73 Å². The molecule has 5 aromatic rings. The molecule has 0 aliphatic carbocycles. The molecular formula is C25H19Cl3N4O. The van der Waals surface area contributed by atoms with E-state index >= 15 is 0 Å². The minimum atomic E-state index is -0.308. The highest BCUT2D eigenvalue weighted by molar-refractivity contribution is 6.42. The molecule has 2 heterocycles. The van der Waals surface area contributed by atoms with Crippen LogP contribution in [-0.4, -0.2) is 21.1 Å². The van der Waals surface area contributed by atoms with Crippen molar-refractivity contribution in [3.05, 3.63) is 86.1 Å². The van der Waals surface area contributed by atoms with Gasteiger partial charge in [0.15, 0.2) is 0 Å². The van der Waals surface area contributed by atoms with Crippen molar-refractivity contribution >= 4 is 56.7 Å². The molecule has 33 heavy (non-hydrogen) atoms. The molecule has 0 unspecified atom stereocenters. The smallest absolute Gasteiger partial charge is 0.275 e. The van der Waals surface area contributed by atoms with E-state index in [4.69, 9.17) is 45.5 Å². The number of para-hydroxylation sites is 1. The van der Waals surface area contributed by atoms with Gasteiger partial charge < -0.3 is 15.3 Å². The number of aromatic nitrogens is 3. The monoisotopic (exact) mass is 496 g/mol. The minimum Gasteiger partial charge on any atom is -0.340 e. The summed E-state index contributed by atoms with van der Waals surface area (Å²) in [6, 6.07) is 18.8. The van der Waals surface area contributed by atoms with Gasteiger partial charge in [0.2, 0.25) is 0 Å². The molecule has 0 bridgehead atoms. The number of rotatable bonds is 5. The van der Waals surface area contributed by atoms with Crippen LogP contribution in [0.5, 0.6) is 0 Å². The number of fused-ring (bicyclic) bond motifs is 2. The molecule has 0 spiro atoms. The molecule has 0 radical (unpaired) electrons. The van der Waals surface area contributed by atoms with Gasteiger partial charge in [-0.05, 0) is 48.9 Å². The summed E-state index contributed by atoms with van der Waals surface area (Å²) < 4.78 is 2.20. The van der Waals surface area contributed by atoms with Gasteiger partial charge in [0.1, 0.15) is 5.69 Å². The summed E-state index contributed by atoms with van der Waals surface area (Å²) in [5.41, 5.74) is 10.5. The van der Waals surface area contributed by atoms with Gasteiger partial charge in [-0.2, -0.15) is 0 Å². The van der Waals surface area contributed by atoms with Crippen LogP contribution in [0.2, 0.25) is 15.1 Å². The Kier molecular flexibility index (Phi) is 5.89. The third-order valence-electron chi connectivity index (χ3n) is 5.65. The Bertz CT molecular complexity index is 1550. The molecular weight excluding hydrogens is 479 g/mol.